The van der Waals surface area contributed by atoms with E-state index in [4.69, 9.17) is 28.8 Å². The van der Waals surface area contributed by atoms with Crippen LogP contribution in [-0.4, -0.2) is 65.7 Å². The first-order valence-electron chi connectivity index (χ1n) is 16.9. The van der Waals surface area contributed by atoms with Crippen LogP contribution in [0.4, 0.5) is 0 Å². The molecule has 0 heterocycles. The van der Waals surface area contributed by atoms with Gasteiger partial charge in [0.05, 0.1) is 26.4 Å². The molecule has 25 heteroatoms. The van der Waals surface area contributed by atoms with E-state index in [1.54, 1.807) is 13.8 Å². The van der Waals surface area contributed by atoms with Crippen molar-refractivity contribution in [3.05, 3.63) is 0 Å². The number of aliphatic carboxylic acids is 1. The van der Waals surface area contributed by atoms with Crippen LogP contribution < -0.4 is 0 Å². The molecule has 20 nitrogen and oxygen atoms in total. The Labute approximate surface area is 307 Å². The molecular formula is C26H58O20P4Ti. The molecule has 6 N–H and O–H groups in total. The number of aliphatic hydroxyl groups is 1. The number of unbranched alkanes of at least 4 members (excludes halogenated alkanes) is 12. The normalized spacial score (nSPS) is 17.5. The number of rotatable bonds is 33. The fourth-order valence-corrected chi connectivity index (χ4v) is 9.07. The minimum absolute atomic E-state index is 0.169. The number of carboxylic acids is 1. The number of phosphoric ester groups is 4. The summed E-state index contributed by atoms with van der Waals surface area (Å²) in [4.78, 5) is 32.5. The van der Waals surface area contributed by atoms with E-state index in [0.29, 0.717) is 38.5 Å². The first-order valence-corrected chi connectivity index (χ1v) is 24.8. The van der Waals surface area contributed by atoms with Crippen LogP contribution in [0.3, 0.4) is 0 Å². The average molecular weight is 862 g/mol. The van der Waals surface area contributed by atoms with Gasteiger partial charge in [0.15, 0.2) is 0 Å². The predicted octanol–water partition coefficient (Wildman–Crippen LogP) is 7.35. The summed E-state index contributed by atoms with van der Waals surface area (Å²) in [7, 11) is -21.8. The Kier molecular flexibility index (Phi) is 31.1. The Morgan fingerprint density at radius 2 is 0.824 bits per heavy atom. The van der Waals surface area contributed by atoms with Crippen molar-refractivity contribution in [2.24, 2.45) is 0 Å². The molecule has 51 heavy (non-hydrogen) atoms. The monoisotopic (exact) mass is 862 g/mol. The van der Waals surface area contributed by atoms with Gasteiger partial charge < -0.3 is 20.0 Å². The Bertz CT molecular complexity index is 1070. The van der Waals surface area contributed by atoms with Crippen LogP contribution >= 0.6 is 31.3 Å². The van der Waals surface area contributed by atoms with E-state index in [2.05, 4.69) is 17.7 Å². The van der Waals surface area contributed by atoms with Crippen molar-refractivity contribution in [2.75, 3.05) is 26.4 Å². The average Bonchev–Trinajstić information content (AvgIpc) is 2.99. The quantitative estimate of drug-likeness (QED) is 0.0162. The molecule has 0 bridgehead atoms. The van der Waals surface area contributed by atoms with Crippen molar-refractivity contribution in [3.63, 3.8) is 0 Å². The molecule has 0 amide bonds. The van der Waals surface area contributed by atoms with Crippen molar-refractivity contribution in [2.45, 2.75) is 136 Å². The second kappa shape index (κ2) is 29.6. The van der Waals surface area contributed by atoms with Gasteiger partial charge in [0, 0.05) is 0 Å². The zero-order valence-corrected chi connectivity index (χ0v) is 35.0. The van der Waals surface area contributed by atoms with Gasteiger partial charge >= 0.3 is 72.6 Å². The number of phosphoric acid groups is 4. The van der Waals surface area contributed by atoms with E-state index in [9.17, 15) is 43.1 Å². The summed E-state index contributed by atoms with van der Waals surface area (Å²) in [5.74, 6) is -6.84. The molecule has 0 saturated heterocycles. The molecule has 0 aliphatic rings. The van der Waals surface area contributed by atoms with Crippen LogP contribution in [0.2, 0.25) is 0 Å². The van der Waals surface area contributed by atoms with Gasteiger partial charge in [-0.15, -0.1) is 0 Å². The van der Waals surface area contributed by atoms with Gasteiger partial charge in [-0.25, -0.2) is 32.1 Å². The summed E-state index contributed by atoms with van der Waals surface area (Å²) in [6, 6.07) is 0. The van der Waals surface area contributed by atoms with Crippen LogP contribution in [0, 0.1) is 0 Å². The molecule has 0 radical (unpaired) electrons. The summed E-state index contributed by atoms with van der Waals surface area (Å²) >= 11 is -3.58. The number of carbonyl (C=O) groups is 1. The molecule has 0 saturated carbocycles. The second-order valence-corrected chi connectivity index (χ2v) is 18.2. The van der Waals surface area contributed by atoms with Gasteiger partial charge in [0.2, 0.25) is 0 Å². The number of hydrogen-bond acceptors (Lipinski definition) is 15. The minimum atomic E-state index is -5.61. The molecular weight excluding hydrogens is 804 g/mol. The van der Waals surface area contributed by atoms with Gasteiger partial charge in [-0.3, -0.25) is 18.1 Å². The van der Waals surface area contributed by atoms with Crippen molar-refractivity contribution in [3.8, 4) is 0 Å². The van der Waals surface area contributed by atoms with E-state index in [0.717, 1.165) is 51.4 Å². The molecule has 0 aromatic heterocycles. The van der Waals surface area contributed by atoms with Crippen molar-refractivity contribution >= 4 is 37.3 Å². The Morgan fingerprint density at radius 1 is 0.549 bits per heavy atom. The Morgan fingerprint density at radius 3 is 1.12 bits per heavy atom. The molecule has 306 valence electrons. The molecule has 0 aromatic rings. The molecule has 0 aromatic carbocycles. The molecule has 0 aliphatic heterocycles. The standard InChI is InChI=1S/C26H56O17P4.2H2O.O.Ti/c1-5-9-13-15-17-19-23-36-44(30,31)42-46(34,38-21-11-7-3)40-26(29,25(27)28)41-47(35,39-22-12-8-4)43-45(32,33)37-24-20-18-16-14-10-6-2;;;;/h29H,5-24H2,1-4H3,(H,27,28)(H,30,31)(H,32,33);2*1H2;;/q;;;;+2/p-2. The van der Waals surface area contributed by atoms with Gasteiger partial charge in [0.25, 0.3) is 0 Å². The summed E-state index contributed by atoms with van der Waals surface area (Å²) in [5, 5.41) is 20.5. The predicted molar refractivity (Wildman–Crippen MR) is 177 cm³/mol. The van der Waals surface area contributed by atoms with Gasteiger partial charge in [0.1, 0.15) is 0 Å². The maximum atomic E-state index is 13.4. The molecule has 0 spiro atoms. The van der Waals surface area contributed by atoms with Crippen LogP contribution in [0.25, 0.3) is 0 Å². The molecule has 0 rings (SSSR count). The van der Waals surface area contributed by atoms with E-state index in [-0.39, 0.29) is 26.1 Å². The zero-order chi connectivity index (χ0) is 39.5. The third kappa shape index (κ3) is 30.3. The van der Waals surface area contributed by atoms with Crippen LogP contribution in [0.15, 0.2) is 0 Å². The first-order chi connectivity index (χ1) is 23.7. The van der Waals surface area contributed by atoms with Gasteiger partial charge in [-0.1, -0.05) is 105 Å². The van der Waals surface area contributed by atoms with Gasteiger partial charge in [-0.2, -0.15) is 8.62 Å². The van der Waals surface area contributed by atoms with Crippen LogP contribution in [-0.2, 0) is 80.8 Å². The fourth-order valence-electron chi connectivity index (χ4n) is 3.60. The summed E-state index contributed by atoms with van der Waals surface area (Å²) < 4.78 is 113. The number of carboxylic acid groups (broad SMARTS) is 1. The molecule has 4 unspecified atom stereocenters. The fraction of sp³-hybridized carbons (Fsp3) is 0.962. The van der Waals surface area contributed by atoms with E-state index < -0.39 is 75.1 Å². The third-order valence-electron chi connectivity index (χ3n) is 6.15. The van der Waals surface area contributed by atoms with E-state index in [1.807, 2.05) is 13.8 Å². The summed E-state index contributed by atoms with van der Waals surface area (Å²) in [6.45, 7) is 5.91. The first kappa shape index (κ1) is 53.5. The van der Waals surface area contributed by atoms with Gasteiger partial charge in [-0.05, 0) is 25.7 Å². The Balaban J connectivity index is 0. The van der Waals surface area contributed by atoms with Crippen molar-refractivity contribution < 1.29 is 108 Å². The van der Waals surface area contributed by atoms with E-state index in [1.165, 1.54) is 0 Å². The van der Waals surface area contributed by atoms with E-state index >= 15 is 0 Å². The topological polar surface area (TPSA) is 298 Å². The van der Waals surface area contributed by atoms with Crippen LogP contribution in [0.1, 0.15) is 130 Å². The molecule has 0 fully saturated rings. The van der Waals surface area contributed by atoms with Crippen molar-refractivity contribution in [1.29, 1.82) is 0 Å². The van der Waals surface area contributed by atoms with Crippen molar-refractivity contribution in [1.82, 2.24) is 0 Å². The molecule has 0 aliphatic carbocycles. The third-order valence-corrected chi connectivity index (χ3v) is 12.4. The Hall–Kier alpha value is 0.384. The molecule has 4 atom stereocenters. The second-order valence-electron chi connectivity index (χ2n) is 10.9. The van der Waals surface area contributed by atoms with Crippen LogP contribution in [0.5, 0.6) is 0 Å². The number of hydrogen-bond donors (Lipinski definition) is 6. The SMILES string of the molecule is CCCCCCCCOP(=O)(O)OP(=O)(OCCCC)OC(O)(OP(=O)(OCCCC)OP(=O)(O)OCCCCCCCC)C(=O)O.[O]=[Ti]([OH])[OH]. The summed E-state index contributed by atoms with van der Waals surface area (Å²) in [5.41, 5.74) is 0. The summed E-state index contributed by atoms with van der Waals surface area (Å²) in [6.07, 6.45) is 10.9. The zero-order valence-electron chi connectivity index (χ0n) is 29.8. The maximum absolute atomic E-state index is 13.4.